The van der Waals surface area contributed by atoms with Crippen molar-refractivity contribution in [3.8, 4) is 5.75 Å². The fraction of sp³-hybridized carbons (Fsp3) is 0.667. The van der Waals surface area contributed by atoms with E-state index >= 15 is 0 Å². The molecule has 0 fully saturated rings. The summed E-state index contributed by atoms with van der Waals surface area (Å²) < 4.78 is 5.49. The zero-order valence-corrected chi connectivity index (χ0v) is 25.5. The number of carbonyl (C=O) groups excluding carboxylic acids is 1. The number of aliphatic hydroxyl groups is 1. The second-order valence-corrected chi connectivity index (χ2v) is 15.3. The maximum atomic E-state index is 13.2. The fourth-order valence-electron chi connectivity index (χ4n) is 5.25. The highest BCUT2D eigenvalue weighted by molar-refractivity contribution is 9.10. The van der Waals surface area contributed by atoms with E-state index in [4.69, 9.17) is 4.74 Å². The third kappa shape index (κ3) is 6.12. The Kier molecular flexibility index (Phi) is 8.75. The quantitative estimate of drug-likeness (QED) is 0.184. The van der Waals surface area contributed by atoms with E-state index in [0.717, 1.165) is 31.2 Å². The van der Waals surface area contributed by atoms with Crippen LogP contribution in [0, 0.1) is 5.41 Å². The van der Waals surface area contributed by atoms with Crippen LogP contribution in [0.5, 0.6) is 5.75 Å². The van der Waals surface area contributed by atoms with Gasteiger partial charge in [0.25, 0.3) is 0 Å². The number of cyclic esters (lactones) is 1. The van der Waals surface area contributed by atoms with E-state index in [0.29, 0.717) is 29.7 Å². The van der Waals surface area contributed by atoms with Gasteiger partial charge in [0.1, 0.15) is 11.9 Å². The molecule has 5 atom stereocenters. The SMILES string of the molecule is CC1=C2Cc3cc(ccc3O)C(=O)OC(C(C)(C)Br)CCC(C)(O)C(Br)CCC2(C)C(Br)CC1. The van der Waals surface area contributed by atoms with Gasteiger partial charge >= 0.3 is 5.97 Å². The van der Waals surface area contributed by atoms with Crippen molar-refractivity contribution < 1.29 is 19.7 Å². The largest absolute Gasteiger partial charge is 0.508 e. The number of alkyl halides is 3. The van der Waals surface area contributed by atoms with E-state index in [1.807, 2.05) is 20.8 Å². The van der Waals surface area contributed by atoms with Crippen LogP contribution in [0.4, 0.5) is 0 Å². The number of carbonyl (C=O) groups is 1. The minimum atomic E-state index is -0.954. The number of phenolic OH excluding ortho intramolecular Hbond substituents is 1. The van der Waals surface area contributed by atoms with Gasteiger partial charge in [-0.1, -0.05) is 65.9 Å². The number of halogens is 3. The van der Waals surface area contributed by atoms with Crippen molar-refractivity contribution in [2.75, 3.05) is 0 Å². The van der Waals surface area contributed by atoms with Gasteiger partial charge in [0.05, 0.1) is 15.5 Å². The van der Waals surface area contributed by atoms with E-state index in [-0.39, 0.29) is 16.0 Å². The second-order valence-electron chi connectivity index (χ2n) is 11.1. The summed E-state index contributed by atoms with van der Waals surface area (Å²) in [6.07, 6.45) is 4.91. The molecule has 2 bridgehead atoms. The molecule has 0 aromatic heterocycles. The minimum Gasteiger partial charge on any atom is -0.508 e. The van der Waals surface area contributed by atoms with Crippen molar-refractivity contribution in [3.05, 3.63) is 40.5 Å². The average molecular weight is 665 g/mol. The zero-order valence-electron chi connectivity index (χ0n) is 20.8. The Labute approximate surface area is 229 Å². The molecule has 0 radical (unpaired) electrons. The molecule has 2 N–H and O–H groups in total. The number of esters is 1. The smallest absolute Gasteiger partial charge is 0.338 e. The number of rotatable bonds is 1. The molecule has 7 heteroatoms. The Morgan fingerprint density at radius 2 is 1.76 bits per heavy atom. The summed E-state index contributed by atoms with van der Waals surface area (Å²) in [5, 5.41) is 22.0. The van der Waals surface area contributed by atoms with Crippen LogP contribution in [-0.2, 0) is 11.2 Å². The lowest BCUT2D eigenvalue weighted by atomic mass is 9.66. The van der Waals surface area contributed by atoms with E-state index < -0.39 is 22.0 Å². The molecule has 1 aromatic carbocycles. The van der Waals surface area contributed by atoms with Crippen LogP contribution >= 0.6 is 47.8 Å². The number of ether oxygens (including phenoxy) is 1. The van der Waals surface area contributed by atoms with Crippen molar-refractivity contribution in [2.45, 2.75) is 105 Å². The molecule has 1 aliphatic heterocycles. The first-order valence-corrected chi connectivity index (χ1v) is 14.7. The van der Waals surface area contributed by atoms with Crippen molar-refractivity contribution in [1.82, 2.24) is 0 Å². The van der Waals surface area contributed by atoms with Gasteiger partial charge in [-0.05, 0) is 96.4 Å². The summed E-state index contributed by atoms with van der Waals surface area (Å²) in [5.41, 5.74) is 2.73. The Hall–Kier alpha value is -0.370. The number of benzene rings is 1. The van der Waals surface area contributed by atoms with Gasteiger partial charge in [-0.3, -0.25) is 0 Å². The monoisotopic (exact) mass is 662 g/mol. The molecular formula is C27H37Br3O4. The van der Waals surface area contributed by atoms with Crippen molar-refractivity contribution >= 4 is 53.8 Å². The molecular weight excluding hydrogens is 628 g/mol. The normalized spacial score (nSPS) is 34.0. The minimum absolute atomic E-state index is 0.102. The maximum Gasteiger partial charge on any atom is 0.338 e. The van der Waals surface area contributed by atoms with Gasteiger partial charge in [-0.2, -0.15) is 0 Å². The molecule has 4 nitrogen and oxygen atoms in total. The first-order valence-electron chi connectivity index (χ1n) is 12.1. The molecule has 190 valence electrons. The summed E-state index contributed by atoms with van der Waals surface area (Å²) >= 11 is 11.4. The predicted octanol–water partition coefficient (Wildman–Crippen LogP) is 7.60. The lowest BCUT2D eigenvalue weighted by Gasteiger charge is -2.43. The Morgan fingerprint density at radius 3 is 2.41 bits per heavy atom. The number of hydrogen-bond donors (Lipinski definition) is 2. The molecule has 0 amide bonds. The molecule has 5 unspecified atom stereocenters. The van der Waals surface area contributed by atoms with Crippen LogP contribution in [0.3, 0.4) is 0 Å². The zero-order chi connectivity index (χ0) is 25.5. The van der Waals surface area contributed by atoms with E-state index in [1.54, 1.807) is 18.2 Å². The second kappa shape index (κ2) is 10.5. The van der Waals surface area contributed by atoms with Gasteiger partial charge < -0.3 is 14.9 Å². The van der Waals surface area contributed by atoms with Gasteiger partial charge in [0.15, 0.2) is 0 Å². The van der Waals surface area contributed by atoms with Crippen LogP contribution < -0.4 is 0 Å². The average Bonchev–Trinajstić information content (AvgIpc) is 2.75. The van der Waals surface area contributed by atoms with Crippen molar-refractivity contribution in [1.29, 1.82) is 0 Å². The lowest BCUT2D eigenvalue weighted by molar-refractivity contribution is 0.000635. The van der Waals surface area contributed by atoms with Crippen molar-refractivity contribution in [2.24, 2.45) is 5.41 Å². The molecule has 1 aromatic rings. The number of phenols is 1. The van der Waals surface area contributed by atoms with Gasteiger partial charge in [0, 0.05) is 15.1 Å². The molecule has 0 saturated carbocycles. The number of allylic oxidation sites excluding steroid dienone is 2. The highest BCUT2D eigenvalue weighted by Gasteiger charge is 2.42. The number of aromatic hydroxyl groups is 1. The Bertz CT molecular complexity index is 950. The van der Waals surface area contributed by atoms with E-state index in [1.165, 1.54) is 11.1 Å². The highest BCUT2D eigenvalue weighted by Crippen LogP contribution is 2.50. The summed E-state index contributed by atoms with van der Waals surface area (Å²) in [6.45, 7) is 10.3. The molecule has 2 aliphatic rings. The maximum absolute atomic E-state index is 13.2. The van der Waals surface area contributed by atoms with Gasteiger partial charge in [0.2, 0.25) is 0 Å². The summed E-state index contributed by atoms with van der Waals surface area (Å²) in [5.74, 6) is -0.224. The molecule has 1 aliphatic carbocycles. The molecule has 34 heavy (non-hydrogen) atoms. The molecule has 0 saturated heterocycles. The first kappa shape index (κ1) is 28.2. The standard InChI is InChI=1S/C27H37Br3O4/c1-16-6-9-21(28)26(4)12-10-22(29)27(5,33)13-11-23(25(2,3)30)34-24(32)17-7-8-20(31)18(14-17)15-19(16)26/h7-8,14,21-23,31,33H,6,9-13,15H2,1-5H3. The lowest BCUT2D eigenvalue weighted by Crippen LogP contribution is -2.41. The fourth-order valence-corrected chi connectivity index (χ4v) is 6.77. The van der Waals surface area contributed by atoms with Crippen LogP contribution in [0.25, 0.3) is 0 Å². The Morgan fingerprint density at radius 1 is 1.09 bits per heavy atom. The van der Waals surface area contributed by atoms with Crippen molar-refractivity contribution in [3.63, 3.8) is 0 Å². The third-order valence-corrected chi connectivity index (χ3v) is 11.3. The number of hydrogen-bond acceptors (Lipinski definition) is 4. The van der Waals surface area contributed by atoms with Gasteiger partial charge in [-0.15, -0.1) is 0 Å². The molecule has 1 heterocycles. The van der Waals surface area contributed by atoms with E-state index in [2.05, 4.69) is 61.6 Å². The summed E-state index contributed by atoms with van der Waals surface area (Å²) in [7, 11) is 0. The first-order chi connectivity index (χ1) is 15.6. The van der Waals surface area contributed by atoms with Crippen LogP contribution in [-0.4, -0.2) is 41.9 Å². The van der Waals surface area contributed by atoms with Crippen LogP contribution in [0.2, 0.25) is 0 Å². The van der Waals surface area contributed by atoms with E-state index in [9.17, 15) is 15.0 Å². The topological polar surface area (TPSA) is 66.8 Å². The van der Waals surface area contributed by atoms with Crippen LogP contribution in [0.15, 0.2) is 29.3 Å². The third-order valence-electron chi connectivity index (χ3n) is 7.87. The molecule has 0 spiro atoms. The predicted molar refractivity (Wildman–Crippen MR) is 149 cm³/mol. The summed E-state index contributed by atoms with van der Waals surface area (Å²) in [4.78, 5) is 13.4. The van der Waals surface area contributed by atoms with Gasteiger partial charge in [-0.25, -0.2) is 4.79 Å². The summed E-state index contributed by atoms with van der Waals surface area (Å²) in [6, 6.07) is 4.99. The van der Waals surface area contributed by atoms with Crippen LogP contribution in [0.1, 0.15) is 89.1 Å². The highest BCUT2D eigenvalue weighted by atomic mass is 79.9. The Balaban J connectivity index is 2.09. The molecule has 3 rings (SSSR count). The number of fused-ring (bicyclic) bond motifs is 3.